The minimum Gasteiger partial charge on any atom is -0.375 e. The van der Waals surface area contributed by atoms with E-state index in [4.69, 9.17) is 4.99 Å². The molecule has 1 aromatic heterocycles. The average molecular weight is 375 g/mol. The van der Waals surface area contributed by atoms with Gasteiger partial charge in [0.05, 0.1) is 16.1 Å². The predicted molar refractivity (Wildman–Crippen MR) is 113 cm³/mol. The first kappa shape index (κ1) is 15.8. The summed E-state index contributed by atoms with van der Waals surface area (Å²) < 4.78 is 1.10. The Morgan fingerprint density at radius 3 is 2.54 bits per heavy atom. The van der Waals surface area contributed by atoms with E-state index in [2.05, 4.69) is 85.9 Å². The first-order chi connectivity index (χ1) is 12.6. The predicted octanol–water partition coefficient (Wildman–Crippen LogP) is 6.52. The molecular formula is C22H18N2S2. The molecule has 26 heavy (non-hydrogen) atoms. The highest BCUT2D eigenvalue weighted by Crippen LogP contribution is 2.45. The van der Waals surface area contributed by atoms with Gasteiger partial charge in [-0.2, -0.15) is 0 Å². The van der Waals surface area contributed by atoms with Gasteiger partial charge in [-0.15, -0.1) is 0 Å². The highest BCUT2D eigenvalue weighted by molar-refractivity contribution is 7.68. The highest BCUT2D eigenvalue weighted by Gasteiger charge is 2.33. The third-order valence-corrected chi connectivity index (χ3v) is 7.49. The number of hydrogen-bond donors (Lipinski definition) is 1. The lowest BCUT2D eigenvalue weighted by molar-refractivity contribution is 0.619. The van der Waals surface area contributed by atoms with Crippen molar-refractivity contribution in [1.82, 2.24) is 0 Å². The molecule has 3 aromatic carbocycles. The first-order valence-electron chi connectivity index (χ1n) is 8.67. The maximum absolute atomic E-state index is 5.11. The van der Waals surface area contributed by atoms with Crippen LogP contribution in [0.2, 0.25) is 0 Å². The molecule has 0 aliphatic carbocycles. The smallest absolute Gasteiger partial charge is 0.135 e. The average Bonchev–Trinajstić information content (AvgIpc) is 3.07. The Kier molecular flexibility index (Phi) is 3.52. The second kappa shape index (κ2) is 5.79. The second-order valence-corrected chi connectivity index (χ2v) is 9.21. The van der Waals surface area contributed by atoms with E-state index >= 15 is 0 Å². The topological polar surface area (TPSA) is 24.4 Å². The van der Waals surface area contributed by atoms with Crippen LogP contribution in [0.3, 0.4) is 0 Å². The largest absolute Gasteiger partial charge is 0.375 e. The standard InChI is InChI=1S/C22H18N2S2/c1-22(2)20-19(16-11-5-6-12-18(16)24-22)21(26-25-20)23-17-13-7-9-14-8-3-4-10-15(14)17/h3-13,24H,1-2H3. The van der Waals surface area contributed by atoms with E-state index in [9.17, 15) is 0 Å². The van der Waals surface area contributed by atoms with Gasteiger partial charge in [0.1, 0.15) is 4.67 Å². The Balaban J connectivity index is 1.81. The fourth-order valence-corrected chi connectivity index (χ4v) is 6.54. The lowest BCUT2D eigenvalue weighted by Gasteiger charge is -2.33. The number of nitrogens with zero attached hydrogens (tertiary/aromatic N) is 1. The van der Waals surface area contributed by atoms with Crippen molar-refractivity contribution in [1.29, 1.82) is 0 Å². The first-order valence-corrected chi connectivity index (χ1v) is 10.8. The summed E-state index contributed by atoms with van der Waals surface area (Å²) in [6, 6.07) is 23.3. The zero-order valence-electron chi connectivity index (χ0n) is 14.6. The summed E-state index contributed by atoms with van der Waals surface area (Å²) in [7, 11) is 3.60. The normalized spacial score (nSPS) is 15.4. The van der Waals surface area contributed by atoms with Gasteiger partial charge in [0.2, 0.25) is 0 Å². The molecule has 0 radical (unpaired) electrons. The highest BCUT2D eigenvalue weighted by atomic mass is 32.9. The molecule has 0 fully saturated rings. The van der Waals surface area contributed by atoms with Crippen LogP contribution in [0.4, 0.5) is 11.4 Å². The molecule has 0 bridgehead atoms. The molecule has 0 saturated heterocycles. The van der Waals surface area contributed by atoms with Crippen LogP contribution in [-0.4, -0.2) is 0 Å². The number of nitrogens with one attached hydrogen (secondary N) is 1. The molecule has 1 aliphatic rings. The molecular weight excluding hydrogens is 356 g/mol. The van der Waals surface area contributed by atoms with Gasteiger partial charge in [-0.05, 0) is 31.4 Å². The molecule has 4 heteroatoms. The van der Waals surface area contributed by atoms with Gasteiger partial charge in [-0.1, -0.05) is 75.3 Å². The van der Waals surface area contributed by atoms with E-state index in [0.29, 0.717) is 0 Å². The zero-order valence-corrected chi connectivity index (χ0v) is 16.2. The molecule has 0 amide bonds. The third-order valence-electron chi connectivity index (χ3n) is 4.84. The number of rotatable bonds is 1. The molecule has 0 unspecified atom stereocenters. The number of anilines is 1. The van der Waals surface area contributed by atoms with Gasteiger partial charge in [-0.25, -0.2) is 4.99 Å². The van der Waals surface area contributed by atoms with Gasteiger partial charge < -0.3 is 5.32 Å². The van der Waals surface area contributed by atoms with Crippen molar-refractivity contribution in [2.24, 2.45) is 4.99 Å². The van der Waals surface area contributed by atoms with E-state index in [0.717, 1.165) is 10.4 Å². The zero-order chi connectivity index (χ0) is 17.7. The molecule has 4 aromatic rings. The summed E-state index contributed by atoms with van der Waals surface area (Å²) >= 11 is 0. The molecule has 2 nitrogen and oxygen atoms in total. The van der Waals surface area contributed by atoms with Crippen LogP contribution in [0.25, 0.3) is 21.9 Å². The van der Waals surface area contributed by atoms with E-state index in [1.165, 1.54) is 32.5 Å². The Morgan fingerprint density at radius 1 is 0.846 bits per heavy atom. The molecule has 0 saturated carbocycles. The molecule has 2 heterocycles. The van der Waals surface area contributed by atoms with Gasteiger partial charge in [0.15, 0.2) is 0 Å². The number of para-hydroxylation sites is 1. The second-order valence-electron chi connectivity index (χ2n) is 7.08. The minimum atomic E-state index is -0.0859. The van der Waals surface area contributed by atoms with E-state index in [1.54, 1.807) is 10.3 Å². The third kappa shape index (κ3) is 2.41. The lowest BCUT2D eigenvalue weighted by atomic mass is 9.90. The molecule has 0 atom stereocenters. The maximum Gasteiger partial charge on any atom is 0.135 e. The maximum atomic E-state index is 5.11. The van der Waals surface area contributed by atoms with Gasteiger partial charge in [0, 0.05) is 22.2 Å². The molecule has 1 N–H and O–H groups in total. The van der Waals surface area contributed by atoms with Crippen LogP contribution in [0.15, 0.2) is 71.7 Å². The van der Waals surface area contributed by atoms with Crippen LogP contribution in [-0.2, 0) is 5.54 Å². The van der Waals surface area contributed by atoms with Crippen LogP contribution < -0.4 is 9.99 Å². The fraction of sp³-hybridized carbons (Fsp3) is 0.136. The molecule has 0 spiro atoms. The van der Waals surface area contributed by atoms with Crippen molar-refractivity contribution < 1.29 is 0 Å². The monoisotopic (exact) mass is 374 g/mol. The summed E-state index contributed by atoms with van der Waals surface area (Å²) in [5, 5.41) is 6.10. The number of hydrogen-bond acceptors (Lipinski definition) is 4. The van der Waals surface area contributed by atoms with Gasteiger partial charge in [0.25, 0.3) is 0 Å². The van der Waals surface area contributed by atoms with E-state index in [1.807, 2.05) is 10.3 Å². The van der Waals surface area contributed by atoms with Crippen molar-refractivity contribution in [3.8, 4) is 11.1 Å². The lowest BCUT2D eigenvalue weighted by Crippen LogP contribution is -2.31. The Bertz CT molecular complexity index is 1190. The molecule has 1 aliphatic heterocycles. The van der Waals surface area contributed by atoms with Crippen molar-refractivity contribution in [2.45, 2.75) is 19.4 Å². The van der Waals surface area contributed by atoms with Crippen molar-refractivity contribution >= 4 is 42.8 Å². The Hall–Kier alpha value is -2.43. The van der Waals surface area contributed by atoms with Gasteiger partial charge in [-0.3, -0.25) is 0 Å². The number of benzene rings is 3. The summed E-state index contributed by atoms with van der Waals surface area (Å²) in [4.78, 5) is 6.47. The van der Waals surface area contributed by atoms with E-state index in [-0.39, 0.29) is 5.54 Å². The van der Waals surface area contributed by atoms with Crippen LogP contribution in [0, 0.1) is 0 Å². The summed E-state index contributed by atoms with van der Waals surface area (Å²) in [5.41, 5.74) is 4.67. The fourth-order valence-electron chi connectivity index (χ4n) is 3.61. The Morgan fingerprint density at radius 2 is 1.62 bits per heavy atom. The van der Waals surface area contributed by atoms with Crippen LogP contribution in [0.5, 0.6) is 0 Å². The summed E-state index contributed by atoms with van der Waals surface area (Å²) in [5.74, 6) is 0. The van der Waals surface area contributed by atoms with Crippen molar-refractivity contribution in [3.05, 3.63) is 76.3 Å². The van der Waals surface area contributed by atoms with E-state index < -0.39 is 0 Å². The summed E-state index contributed by atoms with van der Waals surface area (Å²) in [6.45, 7) is 4.49. The Labute approximate surface area is 159 Å². The van der Waals surface area contributed by atoms with Crippen molar-refractivity contribution in [3.63, 3.8) is 0 Å². The molecule has 128 valence electrons. The summed E-state index contributed by atoms with van der Waals surface area (Å²) in [6.07, 6.45) is 0. The van der Waals surface area contributed by atoms with Crippen LogP contribution >= 0.6 is 20.7 Å². The van der Waals surface area contributed by atoms with Crippen LogP contribution in [0.1, 0.15) is 18.7 Å². The van der Waals surface area contributed by atoms with Gasteiger partial charge >= 0.3 is 0 Å². The quantitative estimate of drug-likeness (QED) is 0.377. The van der Waals surface area contributed by atoms with Crippen molar-refractivity contribution in [2.75, 3.05) is 5.32 Å². The molecule has 5 rings (SSSR count). The number of fused-ring (bicyclic) bond motifs is 4. The SMILES string of the molecule is CC1(C)Nc2ccccc2-c2c1ssc2=Nc1cccc2ccccc12. The minimum absolute atomic E-state index is 0.0859.